The first-order valence-corrected chi connectivity index (χ1v) is 18.9. The molecule has 0 spiro atoms. The van der Waals surface area contributed by atoms with Gasteiger partial charge in [-0.25, -0.2) is 8.78 Å². The molecule has 7 rings (SSSR count). The number of halogens is 5. The third-order valence-electron chi connectivity index (χ3n) is 10.1. The van der Waals surface area contributed by atoms with Gasteiger partial charge in [0.15, 0.2) is 29.1 Å². The van der Waals surface area contributed by atoms with E-state index in [1.54, 1.807) is 0 Å². The number of nitrogens with zero attached hydrogens (tertiary/aromatic N) is 5. The van der Waals surface area contributed by atoms with Crippen LogP contribution in [0.5, 0.6) is 11.5 Å². The molecule has 3 aliphatic rings. The summed E-state index contributed by atoms with van der Waals surface area (Å²) in [6, 6.07) is 12.9. The lowest BCUT2D eigenvalue weighted by Crippen LogP contribution is -2.54. The number of fused-ring (bicyclic) bond motifs is 1. The highest BCUT2D eigenvalue weighted by Gasteiger charge is 2.52. The number of alkyl halides is 3. The van der Waals surface area contributed by atoms with E-state index in [1.807, 2.05) is 0 Å². The molecule has 0 bridgehead atoms. The predicted molar refractivity (Wildman–Crippen MR) is 210 cm³/mol. The van der Waals surface area contributed by atoms with Crippen LogP contribution in [0.25, 0.3) is 11.3 Å². The maximum atomic E-state index is 15.4. The van der Waals surface area contributed by atoms with Crippen molar-refractivity contribution in [2.24, 2.45) is 0 Å². The van der Waals surface area contributed by atoms with Crippen LogP contribution in [0, 0.1) is 23.0 Å². The van der Waals surface area contributed by atoms with Crippen LogP contribution in [0.15, 0.2) is 66.9 Å². The number of carbonyl (C=O) groups excluding carboxylic acids is 6. The Morgan fingerprint density at radius 3 is 2.44 bits per heavy atom. The number of pyridine rings is 1. The van der Waals surface area contributed by atoms with Gasteiger partial charge in [0, 0.05) is 12.0 Å². The monoisotopic (exact) mass is 875 g/mol. The highest BCUT2D eigenvalue weighted by atomic mass is 32.1. The van der Waals surface area contributed by atoms with Gasteiger partial charge in [0.05, 0.1) is 52.6 Å². The van der Waals surface area contributed by atoms with Crippen molar-refractivity contribution in [2.75, 3.05) is 29.6 Å². The minimum Gasteiger partial charge on any atom is -0.489 e. The van der Waals surface area contributed by atoms with Gasteiger partial charge in [-0.3, -0.25) is 48.9 Å². The number of amides is 6. The van der Waals surface area contributed by atoms with Gasteiger partial charge in [0.25, 0.3) is 23.6 Å². The van der Waals surface area contributed by atoms with Crippen LogP contribution < -0.4 is 29.9 Å². The molecule has 1 aromatic heterocycles. The quantitative estimate of drug-likeness (QED) is 0.0907. The van der Waals surface area contributed by atoms with Crippen LogP contribution in [-0.4, -0.2) is 81.8 Å². The minimum atomic E-state index is -5.24. The SMILES string of the molecule is CC1(C)C(=O)N(c2ccc(C#N)c(C(F)(F)F)c2F)C(=S)N1c1ccc(-c2ccc(OCCNC(=O)COc3cccc4c3C(=O)N(C3CCC(=O)NC3=O)C4=O)c(F)c2)nc1. The van der Waals surface area contributed by atoms with Crippen molar-refractivity contribution in [3.8, 4) is 28.8 Å². The summed E-state index contributed by atoms with van der Waals surface area (Å²) in [5.74, 6) is -7.16. The van der Waals surface area contributed by atoms with Crippen LogP contribution >= 0.6 is 12.2 Å². The second-order valence-corrected chi connectivity index (χ2v) is 14.8. The standard InChI is InChI=1S/C41H30F5N7O8S/c1-40(2)38(59)52(26-10-6-21(17-47)33(34(26)43)41(44,45)46)39(62)53(40)22-8-9-25(49-18-22)20-7-12-28(24(42)16-20)60-15-14-48-31(55)19-61-29-5-3-4-23-32(29)37(58)51(36(23)57)27-11-13-30(54)50-35(27)56/h3-10,12,16,18,27H,11,13-15,19H2,1-2H3,(H,48,55)(H,50,54,56). The molecule has 1 unspecified atom stereocenters. The van der Waals surface area contributed by atoms with E-state index in [-0.39, 0.29) is 65.1 Å². The Kier molecular flexibility index (Phi) is 11.2. The molecule has 0 aliphatic carbocycles. The summed E-state index contributed by atoms with van der Waals surface area (Å²) in [7, 11) is 0. The van der Waals surface area contributed by atoms with Crippen molar-refractivity contribution in [1.29, 1.82) is 5.26 Å². The summed E-state index contributed by atoms with van der Waals surface area (Å²) in [6.45, 7) is 2.03. The summed E-state index contributed by atoms with van der Waals surface area (Å²) in [4.78, 5) is 83.3. The molecule has 2 N–H and O–H groups in total. The number of aromatic nitrogens is 1. The zero-order valence-corrected chi connectivity index (χ0v) is 33.1. The number of thiocarbonyl (C=S) groups is 1. The fourth-order valence-electron chi connectivity index (χ4n) is 7.17. The molecule has 3 aliphatic heterocycles. The Morgan fingerprint density at radius 2 is 1.77 bits per heavy atom. The lowest BCUT2D eigenvalue weighted by atomic mass is 10.0. The number of imide groups is 2. The largest absolute Gasteiger partial charge is 0.489 e. The van der Waals surface area contributed by atoms with Gasteiger partial charge >= 0.3 is 6.18 Å². The number of benzene rings is 3. The number of anilines is 2. The van der Waals surface area contributed by atoms with E-state index in [9.17, 15) is 41.9 Å². The zero-order chi connectivity index (χ0) is 44.8. The first-order valence-electron chi connectivity index (χ1n) is 18.5. The fourth-order valence-corrected chi connectivity index (χ4v) is 7.68. The summed E-state index contributed by atoms with van der Waals surface area (Å²) >= 11 is 5.47. The molecule has 0 saturated carbocycles. The van der Waals surface area contributed by atoms with Crippen molar-refractivity contribution < 1.29 is 60.2 Å². The fraction of sp³-hybridized carbons (Fsp3) is 0.244. The molecule has 21 heteroatoms. The van der Waals surface area contributed by atoms with Crippen molar-refractivity contribution in [3.63, 3.8) is 0 Å². The molecular weight excluding hydrogens is 846 g/mol. The molecule has 1 atom stereocenters. The summed E-state index contributed by atoms with van der Waals surface area (Å²) < 4.78 is 82.7. The van der Waals surface area contributed by atoms with Crippen molar-refractivity contribution >= 4 is 64.1 Å². The molecule has 15 nitrogen and oxygen atoms in total. The van der Waals surface area contributed by atoms with Crippen molar-refractivity contribution in [3.05, 3.63) is 101 Å². The third-order valence-corrected chi connectivity index (χ3v) is 10.5. The van der Waals surface area contributed by atoms with E-state index in [1.165, 1.54) is 73.5 Å². The normalized spacial score (nSPS) is 17.3. The Labute approximate surface area is 353 Å². The van der Waals surface area contributed by atoms with Crippen LogP contribution in [0.3, 0.4) is 0 Å². The Balaban J connectivity index is 0.940. The van der Waals surface area contributed by atoms with Crippen molar-refractivity contribution in [1.82, 2.24) is 20.5 Å². The van der Waals surface area contributed by atoms with Crippen molar-refractivity contribution in [2.45, 2.75) is 44.4 Å². The predicted octanol–water partition coefficient (Wildman–Crippen LogP) is 4.81. The third kappa shape index (κ3) is 7.64. The molecule has 2 saturated heterocycles. The van der Waals surface area contributed by atoms with E-state index in [0.29, 0.717) is 10.5 Å². The molecule has 4 aromatic rings. The van der Waals surface area contributed by atoms with Gasteiger partial charge in [-0.05, 0) is 87.1 Å². The first kappa shape index (κ1) is 42.8. The van der Waals surface area contributed by atoms with Gasteiger partial charge in [0.1, 0.15) is 29.5 Å². The number of carbonyl (C=O) groups is 6. The van der Waals surface area contributed by atoms with E-state index < -0.39 is 88.3 Å². The summed E-state index contributed by atoms with van der Waals surface area (Å²) in [5, 5.41) is 13.4. The first-order chi connectivity index (χ1) is 29.3. The number of hydrogen-bond acceptors (Lipinski definition) is 11. The maximum Gasteiger partial charge on any atom is 0.420 e. The highest BCUT2D eigenvalue weighted by molar-refractivity contribution is 7.81. The molecule has 3 aromatic carbocycles. The van der Waals surface area contributed by atoms with Gasteiger partial charge in [-0.2, -0.15) is 18.4 Å². The van der Waals surface area contributed by atoms with Gasteiger partial charge in [-0.1, -0.05) is 6.07 Å². The Hall–Kier alpha value is -7.34. The lowest BCUT2D eigenvalue weighted by Gasteiger charge is -2.29. The molecular formula is C41H30F5N7O8S. The zero-order valence-electron chi connectivity index (χ0n) is 32.3. The molecule has 6 amide bonds. The van der Waals surface area contributed by atoms with Crippen LogP contribution in [0.4, 0.5) is 33.3 Å². The van der Waals surface area contributed by atoms with Crippen LogP contribution in [0.1, 0.15) is 58.5 Å². The smallest absolute Gasteiger partial charge is 0.420 e. The van der Waals surface area contributed by atoms with E-state index in [2.05, 4.69) is 15.6 Å². The topological polar surface area (TPSA) is 191 Å². The average Bonchev–Trinajstić information content (AvgIpc) is 3.58. The van der Waals surface area contributed by atoms with Gasteiger partial charge < -0.3 is 19.7 Å². The van der Waals surface area contributed by atoms with E-state index in [0.717, 1.165) is 23.1 Å². The Morgan fingerprint density at radius 1 is 1.02 bits per heavy atom. The van der Waals surface area contributed by atoms with E-state index >= 15 is 8.78 Å². The average molecular weight is 876 g/mol. The highest BCUT2D eigenvalue weighted by Crippen LogP contribution is 2.42. The second-order valence-electron chi connectivity index (χ2n) is 14.4. The summed E-state index contributed by atoms with van der Waals surface area (Å²) in [5.41, 5.74) is -4.47. The number of hydrogen-bond donors (Lipinski definition) is 2. The second kappa shape index (κ2) is 16.3. The molecule has 4 heterocycles. The Bertz CT molecular complexity index is 2650. The van der Waals surface area contributed by atoms with E-state index in [4.69, 9.17) is 27.0 Å². The number of ether oxygens (including phenoxy) is 2. The number of nitrogens with one attached hydrogen (secondary N) is 2. The van der Waals surface area contributed by atoms with Crippen LogP contribution in [-0.2, 0) is 25.4 Å². The minimum absolute atomic E-state index is 0.0245. The van der Waals surface area contributed by atoms with Gasteiger partial charge in [-0.15, -0.1) is 0 Å². The molecule has 2 fully saturated rings. The number of rotatable bonds is 11. The number of piperidine rings is 1. The molecule has 318 valence electrons. The summed E-state index contributed by atoms with van der Waals surface area (Å²) in [6.07, 6.45) is -4.03. The molecule has 62 heavy (non-hydrogen) atoms. The molecule has 0 radical (unpaired) electrons. The van der Waals surface area contributed by atoms with Gasteiger partial charge in [0.2, 0.25) is 11.8 Å². The number of nitriles is 1. The maximum absolute atomic E-state index is 15.4. The lowest BCUT2D eigenvalue weighted by molar-refractivity contribution is -0.140. The van der Waals surface area contributed by atoms with Crippen LogP contribution in [0.2, 0.25) is 0 Å².